The fourth-order valence-electron chi connectivity index (χ4n) is 2.24. The predicted octanol–water partition coefficient (Wildman–Crippen LogP) is -0.128. The predicted molar refractivity (Wildman–Crippen MR) is 70.2 cm³/mol. The quantitative estimate of drug-likeness (QED) is 0.809. The number of nitrogens with zero attached hydrogens (tertiary/aromatic N) is 2. The van der Waals surface area contributed by atoms with Crippen LogP contribution in [0, 0.1) is 6.92 Å². The maximum Gasteiger partial charge on any atom is 0.257 e. The molecule has 106 valence electrons. The van der Waals surface area contributed by atoms with Gasteiger partial charge in [0.2, 0.25) is 10.0 Å². The minimum Gasteiger partial charge on any atom is -0.338 e. The van der Waals surface area contributed by atoms with Crippen molar-refractivity contribution in [3.05, 3.63) is 17.5 Å². The van der Waals surface area contributed by atoms with Gasteiger partial charge in [-0.3, -0.25) is 9.89 Å². The van der Waals surface area contributed by atoms with E-state index < -0.39 is 10.0 Å². The molecule has 1 aromatic rings. The van der Waals surface area contributed by atoms with E-state index >= 15 is 0 Å². The van der Waals surface area contributed by atoms with E-state index in [9.17, 15) is 13.2 Å². The van der Waals surface area contributed by atoms with Gasteiger partial charge in [0.05, 0.1) is 18.0 Å². The van der Waals surface area contributed by atoms with Crippen LogP contribution in [0.1, 0.15) is 28.9 Å². The van der Waals surface area contributed by atoms with Gasteiger partial charge in [-0.25, -0.2) is 13.1 Å². The summed E-state index contributed by atoms with van der Waals surface area (Å²) >= 11 is 0. The molecule has 7 nitrogen and oxygen atoms in total. The average molecular weight is 286 g/mol. The summed E-state index contributed by atoms with van der Waals surface area (Å²) in [7, 11) is -3.18. The second kappa shape index (κ2) is 5.30. The number of hydrogen-bond donors (Lipinski definition) is 2. The smallest absolute Gasteiger partial charge is 0.257 e. The van der Waals surface area contributed by atoms with Gasteiger partial charge >= 0.3 is 0 Å². The van der Waals surface area contributed by atoms with Crippen molar-refractivity contribution in [1.29, 1.82) is 0 Å². The minimum atomic E-state index is -3.18. The Hall–Kier alpha value is -1.41. The molecule has 1 aliphatic rings. The molecule has 1 aromatic heterocycles. The van der Waals surface area contributed by atoms with Crippen molar-refractivity contribution in [2.24, 2.45) is 0 Å². The lowest BCUT2D eigenvalue weighted by Crippen LogP contribution is -2.46. The summed E-state index contributed by atoms with van der Waals surface area (Å²) in [5.41, 5.74) is 1.33. The summed E-state index contributed by atoms with van der Waals surface area (Å²) in [6.07, 6.45) is 3.95. The molecule has 0 bridgehead atoms. The van der Waals surface area contributed by atoms with Crippen molar-refractivity contribution in [2.45, 2.75) is 25.8 Å². The van der Waals surface area contributed by atoms with Crippen molar-refractivity contribution in [3.8, 4) is 0 Å². The number of carbonyl (C=O) groups excluding carboxylic acids is 1. The van der Waals surface area contributed by atoms with Gasteiger partial charge in [0.15, 0.2) is 0 Å². The van der Waals surface area contributed by atoms with E-state index in [1.807, 2.05) is 0 Å². The highest BCUT2D eigenvalue weighted by Gasteiger charge is 2.26. The van der Waals surface area contributed by atoms with Crippen LogP contribution in [0.25, 0.3) is 0 Å². The molecule has 2 heterocycles. The summed E-state index contributed by atoms with van der Waals surface area (Å²) in [6.45, 7) is 2.91. The minimum absolute atomic E-state index is 0.0518. The largest absolute Gasteiger partial charge is 0.338 e. The molecule has 2 N–H and O–H groups in total. The van der Waals surface area contributed by atoms with Crippen molar-refractivity contribution < 1.29 is 13.2 Å². The number of amides is 1. The number of hydrogen-bond acceptors (Lipinski definition) is 4. The number of H-pyrrole nitrogens is 1. The Kier molecular flexibility index (Phi) is 3.91. The first kappa shape index (κ1) is 14.0. The second-order valence-electron chi connectivity index (χ2n) is 4.87. The van der Waals surface area contributed by atoms with E-state index in [0.717, 1.165) is 11.9 Å². The fraction of sp³-hybridized carbons (Fsp3) is 0.636. The molecule has 19 heavy (non-hydrogen) atoms. The Morgan fingerprint density at radius 1 is 1.47 bits per heavy atom. The molecule has 0 radical (unpaired) electrons. The highest BCUT2D eigenvalue weighted by molar-refractivity contribution is 7.88. The summed E-state index contributed by atoms with van der Waals surface area (Å²) in [5.74, 6) is -0.0518. The highest BCUT2D eigenvalue weighted by Crippen LogP contribution is 2.15. The third-order valence-electron chi connectivity index (χ3n) is 3.22. The van der Waals surface area contributed by atoms with Crippen LogP contribution in [0.5, 0.6) is 0 Å². The van der Waals surface area contributed by atoms with Crippen molar-refractivity contribution in [3.63, 3.8) is 0 Å². The summed E-state index contributed by atoms with van der Waals surface area (Å²) in [4.78, 5) is 13.9. The maximum absolute atomic E-state index is 12.2. The standard InChI is InChI=1S/C11H18N4O3S/c1-8-10(7-12-13-8)11(16)15-5-3-9(4-6-15)14-19(2,17)18/h7,9,14H,3-6H2,1-2H3,(H,12,13). The fourth-order valence-corrected chi connectivity index (χ4v) is 3.08. The Balaban J connectivity index is 1.94. The highest BCUT2D eigenvalue weighted by atomic mass is 32.2. The molecule has 0 spiro atoms. The van der Waals surface area contributed by atoms with Crippen LogP contribution in [-0.4, -0.2) is 54.8 Å². The molecule has 2 rings (SSSR count). The number of piperidine rings is 1. The van der Waals surface area contributed by atoms with E-state index in [-0.39, 0.29) is 11.9 Å². The molecule has 0 aromatic carbocycles. The van der Waals surface area contributed by atoms with Gasteiger partial charge in [0.1, 0.15) is 0 Å². The van der Waals surface area contributed by atoms with E-state index in [1.54, 1.807) is 11.8 Å². The summed E-state index contributed by atoms with van der Waals surface area (Å²) in [6, 6.07) is -0.0792. The average Bonchev–Trinajstić information content (AvgIpc) is 2.73. The third kappa shape index (κ3) is 3.54. The van der Waals surface area contributed by atoms with Gasteiger partial charge < -0.3 is 4.90 Å². The zero-order chi connectivity index (χ0) is 14.0. The van der Waals surface area contributed by atoms with Crippen LogP contribution in [0.2, 0.25) is 0 Å². The number of aryl methyl sites for hydroxylation is 1. The topological polar surface area (TPSA) is 95.2 Å². The van der Waals surface area contributed by atoms with Crippen LogP contribution in [0.15, 0.2) is 6.20 Å². The molecule has 1 fully saturated rings. The molecular weight excluding hydrogens is 268 g/mol. The molecule has 1 saturated heterocycles. The first-order chi connectivity index (χ1) is 8.87. The molecule has 1 aliphatic heterocycles. The van der Waals surface area contributed by atoms with Gasteiger partial charge in [-0.2, -0.15) is 5.10 Å². The molecule has 0 saturated carbocycles. The van der Waals surface area contributed by atoms with Crippen molar-refractivity contribution in [2.75, 3.05) is 19.3 Å². The van der Waals surface area contributed by atoms with Gasteiger partial charge in [0, 0.05) is 24.8 Å². The number of carbonyl (C=O) groups is 1. The number of aromatic amines is 1. The van der Waals surface area contributed by atoms with Crippen LogP contribution < -0.4 is 4.72 Å². The van der Waals surface area contributed by atoms with Gasteiger partial charge in [-0.1, -0.05) is 0 Å². The van der Waals surface area contributed by atoms with E-state index in [4.69, 9.17) is 0 Å². The third-order valence-corrected chi connectivity index (χ3v) is 3.98. The van der Waals surface area contributed by atoms with Crippen LogP contribution in [-0.2, 0) is 10.0 Å². The Morgan fingerprint density at radius 2 is 2.11 bits per heavy atom. The first-order valence-corrected chi connectivity index (χ1v) is 8.02. The monoisotopic (exact) mass is 286 g/mol. The van der Waals surface area contributed by atoms with Crippen molar-refractivity contribution >= 4 is 15.9 Å². The lowest BCUT2D eigenvalue weighted by atomic mass is 10.1. The Bertz CT molecular complexity index is 558. The van der Waals surface area contributed by atoms with Gasteiger partial charge in [-0.05, 0) is 19.8 Å². The van der Waals surface area contributed by atoms with E-state index in [0.29, 0.717) is 31.5 Å². The lowest BCUT2D eigenvalue weighted by molar-refractivity contribution is 0.0710. The molecular formula is C11H18N4O3S. The Labute approximate surface area is 112 Å². The number of sulfonamides is 1. The molecule has 8 heteroatoms. The zero-order valence-electron chi connectivity index (χ0n) is 11.0. The molecule has 0 atom stereocenters. The molecule has 0 aliphatic carbocycles. The van der Waals surface area contributed by atoms with E-state index in [2.05, 4.69) is 14.9 Å². The van der Waals surface area contributed by atoms with Gasteiger partial charge in [-0.15, -0.1) is 0 Å². The van der Waals surface area contributed by atoms with Crippen molar-refractivity contribution in [1.82, 2.24) is 19.8 Å². The second-order valence-corrected chi connectivity index (χ2v) is 6.65. The molecule has 0 unspecified atom stereocenters. The first-order valence-electron chi connectivity index (χ1n) is 6.13. The SMILES string of the molecule is Cc1[nH]ncc1C(=O)N1CCC(NS(C)(=O)=O)CC1. The number of nitrogens with one attached hydrogen (secondary N) is 2. The normalized spacial score (nSPS) is 17.7. The lowest BCUT2D eigenvalue weighted by Gasteiger charge is -2.31. The van der Waals surface area contributed by atoms with Crippen LogP contribution in [0.3, 0.4) is 0 Å². The van der Waals surface area contributed by atoms with E-state index in [1.165, 1.54) is 6.20 Å². The zero-order valence-corrected chi connectivity index (χ0v) is 11.8. The van der Waals surface area contributed by atoms with Crippen LogP contribution >= 0.6 is 0 Å². The number of likely N-dealkylation sites (tertiary alicyclic amines) is 1. The van der Waals surface area contributed by atoms with Gasteiger partial charge in [0.25, 0.3) is 5.91 Å². The molecule has 1 amide bonds. The summed E-state index contributed by atoms with van der Waals surface area (Å²) < 4.78 is 24.9. The number of aromatic nitrogens is 2. The van der Waals surface area contributed by atoms with Crippen LogP contribution in [0.4, 0.5) is 0 Å². The maximum atomic E-state index is 12.2. The summed E-state index contributed by atoms with van der Waals surface area (Å²) in [5, 5.41) is 6.58. The Morgan fingerprint density at radius 3 is 2.58 bits per heavy atom. The number of rotatable bonds is 3.